The summed E-state index contributed by atoms with van der Waals surface area (Å²) in [5.41, 5.74) is 0.464. The second kappa shape index (κ2) is 5.27. The molecule has 21 heavy (non-hydrogen) atoms. The highest BCUT2D eigenvalue weighted by Crippen LogP contribution is 2.33. The van der Waals surface area contributed by atoms with Gasteiger partial charge >= 0.3 is 0 Å². The molecule has 1 fully saturated rings. The van der Waals surface area contributed by atoms with Crippen molar-refractivity contribution in [3.05, 3.63) is 53.2 Å². The van der Waals surface area contributed by atoms with Crippen molar-refractivity contribution in [3.8, 4) is 0 Å². The number of aryl methyl sites for hydroxylation is 1. The van der Waals surface area contributed by atoms with Gasteiger partial charge in [-0.15, -0.1) is 0 Å². The van der Waals surface area contributed by atoms with Gasteiger partial charge in [0.25, 0.3) is 5.91 Å². The van der Waals surface area contributed by atoms with E-state index in [9.17, 15) is 13.6 Å². The Morgan fingerprint density at radius 1 is 1.43 bits per heavy atom. The van der Waals surface area contributed by atoms with Crippen molar-refractivity contribution in [1.82, 2.24) is 9.88 Å². The average Bonchev–Trinajstić information content (AvgIpc) is 3.09. The molecular formula is C15H14F2N2O2. The molecule has 2 heterocycles. The van der Waals surface area contributed by atoms with Crippen molar-refractivity contribution in [1.29, 1.82) is 0 Å². The molecular weight excluding hydrogens is 278 g/mol. The minimum Gasteiger partial charge on any atom is -0.446 e. The molecule has 1 atom stereocenters. The Kier molecular flexibility index (Phi) is 3.45. The third kappa shape index (κ3) is 2.41. The van der Waals surface area contributed by atoms with Crippen LogP contribution >= 0.6 is 0 Å². The van der Waals surface area contributed by atoms with Crippen LogP contribution in [0, 0.1) is 18.6 Å². The van der Waals surface area contributed by atoms with Crippen molar-refractivity contribution >= 4 is 5.91 Å². The summed E-state index contributed by atoms with van der Waals surface area (Å²) in [4.78, 5) is 18.2. The quantitative estimate of drug-likeness (QED) is 0.853. The zero-order valence-electron chi connectivity index (χ0n) is 11.5. The Labute approximate surface area is 120 Å². The van der Waals surface area contributed by atoms with E-state index in [0.29, 0.717) is 18.9 Å². The third-order valence-corrected chi connectivity index (χ3v) is 3.62. The molecule has 1 aromatic heterocycles. The number of amides is 1. The first-order chi connectivity index (χ1) is 10.1. The number of oxazole rings is 1. The predicted molar refractivity (Wildman–Crippen MR) is 70.6 cm³/mol. The van der Waals surface area contributed by atoms with Crippen LogP contribution in [0.4, 0.5) is 8.78 Å². The van der Waals surface area contributed by atoms with Crippen LogP contribution < -0.4 is 0 Å². The first-order valence-corrected chi connectivity index (χ1v) is 6.75. The molecule has 1 aliphatic heterocycles. The summed E-state index contributed by atoms with van der Waals surface area (Å²) in [7, 11) is 0. The molecule has 0 radical (unpaired) electrons. The first kappa shape index (κ1) is 13.7. The molecule has 0 aliphatic carbocycles. The number of hydrogen-bond acceptors (Lipinski definition) is 3. The maximum Gasteiger partial charge on any atom is 0.257 e. The van der Waals surface area contributed by atoms with Gasteiger partial charge in [0.2, 0.25) is 5.89 Å². The maximum atomic E-state index is 13.8. The standard InChI is InChI=1S/C15H14F2N2O2/c1-9-8-21-14(18-9)12-6-3-7-19(12)15(20)10-4-2-5-11(16)13(10)17/h2,4-5,8,12H,3,6-7H2,1H3. The molecule has 0 saturated carbocycles. The van der Waals surface area contributed by atoms with Crippen LogP contribution in [0.25, 0.3) is 0 Å². The summed E-state index contributed by atoms with van der Waals surface area (Å²) >= 11 is 0. The first-order valence-electron chi connectivity index (χ1n) is 6.75. The Bertz CT molecular complexity index is 684. The van der Waals surface area contributed by atoms with E-state index in [0.717, 1.165) is 18.2 Å². The molecule has 4 nitrogen and oxygen atoms in total. The van der Waals surface area contributed by atoms with Gasteiger partial charge in [0.1, 0.15) is 12.3 Å². The van der Waals surface area contributed by atoms with E-state index in [1.54, 1.807) is 6.92 Å². The molecule has 0 N–H and O–H groups in total. The lowest BCUT2D eigenvalue weighted by molar-refractivity contribution is 0.0709. The molecule has 1 aromatic carbocycles. The molecule has 1 saturated heterocycles. The smallest absolute Gasteiger partial charge is 0.257 e. The number of carbonyl (C=O) groups excluding carboxylic acids is 1. The molecule has 1 aliphatic rings. The summed E-state index contributed by atoms with van der Waals surface area (Å²) in [5.74, 6) is -2.24. The van der Waals surface area contributed by atoms with Crippen molar-refractivity contribution in [2.45, 2.75) is 25.8 Å². The van der Waals surface area contributed by atoms with E-state index in [4.69, 9.17) is 4.42 Å². The van der Waals surface area contributed by atoms with E-state index in [1.165, 1.54) is 23.3 Å². The van der Waals surface area contributed by atoms with Gasteiger partial charge in [-0.1, -0.05) is 6.07 Å². The van der Waals surface area contributed by atoms with E-state index in [-0.39, 0.29) is 11.6 Å². The zero-order chi connectivity index (χ0) is 15.0. The van der Waals surface area contributed by atoms with Crippen LogP contribution in [0.15, 0.2) is 28.9 Å². The Hall–Kier alpha value is -2.24. The Balaban J connectivity index is 1.91. The fourth-order valence-corrected chi connectivity index (χ4v) is 2.62. The molecule has 2 aromatic rings. The number of likely N-dealkylation sites (tertiary alicyclic amines) is 1. The van der Waals surface area contributed by atoms with Gasteiger partial charge in [0.05, 0.1) is 11.3 Å². The van der Waals surface area contributed by atoms with Crippen LogP contribution in [0.2, 0.25) is 0 Å². The molecule has 6 heteroatoms. The van der Waals surface area contributed by atoms with Crippen molar-refractivity contribution < 1.29 is 18.0 Å². The van der Waals surface area contributed by atoms with Crippen LogP contribution in [0.1, 0.15) is 40.8 Å². The van der Waals surface area contributed by atoms with Crippen LogP contribution in [0.5, 0.6) is 0 Å². The topological polar surface area (TPSA) is 46.3 Å². The van der Waals surface area contributed by atoms with Gasteiger partial charge in [0.15, 0.2) is 11.6 Å². The van der Waals surface area contributed by atoms with Gasteiger partial charge in [-0.25, -0.2) is 13.8 Å². The normalized spacial score (nSPS) is 18.2. The fraction of sp³-hybridized carbons (Fsp3) is 0.333. The zero-order valence-corrected chi connectivity index (χ0v) is 11.5. The molecule has 0 bridgehead atoms. The number of benzene rings is 1. The molecule has 110 valence electrons. The van der Waals surface area contributed by atoms with Crippen molar-refractivity contribution in [3.63, 3.8) is 0 Å². The lowest BCUT2D eigenvalue weighted by Crippen LogP contribution is -2.31. The molecule has 3 rings (SSSR count). The van der Waals surface area contributed by atoms with Crippen LogP contribution in [-0.4, -0.2) is 22.3 Å². The highest BCUT2D eigenvalue weighted by Gasteiger charge is 2.34. The van der Waals surface area contributed by atoms with E-state index in [2.05, 4.69) is 4.98 Å². The average molecular weight is 292 g/mol. The summed E-state index contributed by atoms with van der Waals surface area (Å²) in [6, 6.07) is 3.28. The summed E-state index contributed by atoms with van der Waals surface area (Å²) in [6.07, 6.45) is 2.98. The van der Waals surface area contributed by atoms with Crippen molar-refractivity contribution in [2.24, 2.45) is 0 Å². The number of halogens is 2. The lowest BCUT2D eigenvalue weighted by Gasteiger charge is -2.22. The largest absolute Gasteiger partial charge is 0.446 e. The van der Waals surface area contributed by atoms with Gasteiger partial charge in [-0.05, 0) is 31.9 Å². The summed E-state index contributed by atoms with van der Waals surface area (Å²) in [5, 5.41) is 0. The highest BCUT2D eigenvalue weighted by molar-refractivity contribution is 5.94. The minimum atomic E-state index is -1.11. The summed E-state index contributed by atoms with van der Waals surface area (Å²) < 4.78 is 32.4. The highest BCUT2D eigenvalue weighted by atomic mass is 19.2. The molecule has 1 amide bonds. The van der Waals surface area contributed by atoms with Crippen molar-refractivity contribution in [2.75, 3.05) is 6.54 Å². The van der Waals surface area contributed by atoms with Gasteiger partial charge in [-0.3, -0.25) is 4.79 Å². The van der Waals surface area contributed by atoms with Crippen LogP contribution in [0.3, 0.4) is 0 Å². The number of hydrogen-bond donors (Lipinski definition) is 0. The van der Waals surface area contributed by atoms with E-state index in [1.807, 2.05) is 0 Å². The minimum absolute atomic E-state index is 0.259. The number of aromatic nitrogens is 1. The number of rotatable bonds is 2. The predicted octanol–water partition coefficient (Wildman–Crippen LogP) is 3.24. The van der Waals surface area contributed by atoms with Gasteiger partial charge in [0, 0.05) is 6.54 Å². The summed E-state index contributed by atoms with van der Waals surface area (Å²) in [6.45, 7) is 2.27. The third-order valence-electron chi connectivity index (χ3n) is 3.62. The second-order valence-electron chi connectivity index (χ2n) is 5.09. The lowest BCUT2D eigenvalue weighted by atomic mass is 10.1. The van der Waals surface area contributed by atoms with Gasteiger partial charge < -0.3 is 9.32 Å². The SMILES string of the molecule is Cc1coc(C2CCCN2C(=O)c2cccc(F)c2F)n1. The van der Waals surface area contributed by atoms with Crippen LogP contribution in [-0.2, 0) is 0 Å². The Morgan fingerprint density at radius 2 is 2.24 bits per heavy atom. The number of nitrogens with zero attached hydrogens (tertiary/aromatic N) is 2. The maximum absolute atomic E-state index is 13.8. The Morgan fingerprint density at radius 3 is 2.95 bits per heavy atom. The van der Waals surface area contributed by atoms with E-state index >= 15 is 0 Å². The monoisotopic (exact) mass is 292 g/mol. The van der Waals surface area contributed by atoms with Gasteiger partial charge in [-0.2, -0.15) is 0 Å². The molecule has 0 spiro atoms. The van der Waals surface area contributed by atoms with E-state index < -0.39 is 17.5 Å². The fourth-order valence-electron chi connectivity index (χ4n) is 2.62. The number of carbonyl (C=O) groups is 1. The second-order valence-corrected chi connectivity index (χ2v) is 5.09. The molecule has 1 unspecified atom stereocenters.